The van der Waals surface area contributed by atoms with Crippen LogP contribution in [0, 0.1) is 12.3 Å². The number of aromatic nitrogens is 3. The fraction of sp³-hybridized carbons (Fsp3) is 0.375. The molecule has 0 saturated heterocycles. The molecule has 0 bridgehead atoms. The van der Waals surface area contributed by atoms with Crippen molar-refractivity contribution in [2.75, 3.05) is 12.0 Å². The Morgan fingerprint density at radius 3 is 2.20 bits per heavy atom. The van der Waals surface area contributed by atoms with E-state index in [1.54, 1.807) is 7.11 Å². The Balaban J connectivity index is 1.84. The van der Waals surface area contributed by atoms with E-state index >= 15 is 0 Å². The maximum absolute atomic E-state index is 13.5. The van der Waals surface area contributed by atoms with Gasteiger partial charge in [-0.1, -0.05) is 62.7 Å². The molecule has 1 aromatic heterocycles. The van der Waals surface area contributed by atoms with Crippen LogP contribution in [-0.4, -0.2) is 27.8 Å². The van der Waals surface area contributed by atoms with Crippen molar-refractivity contribution in [3.63, 3.8) is 0 Å². The maximum atomic E-state index is 13.5. The van der Waals surface area contributed by atoms with E-state index in [1.165, 1.54) is 11.9 Å². The molecule has 2 heterocycles. The van der Waals surface area contributed by atoms with Crippen molar-refractivity contribution in [3.05, 3.63) is 71.5 Å². The topological polar surface area (TPSA) is 60.2 Å². The third-order valence-electron chi connectivity index (χ3n) is 5.65. The lowest BCUT2D eigenvalue weighted by atomic mass is 9.88. The zero-order chi connectivity index (χ0) is 21.5. The molecular formula is C24H28N4O2. The molecule has 2 atom stereocenters. The molecule has 6 heteroatoms. The summed E-state index contributed by atoms with van der Waals surface area (Å²) in [6.07, 6.45) is 2.25. The van der Waals surface area contributed by atoms with E-state index in [9.17, 15) is 4.79 Å². The zero-order valence-corrected chi connectivity index (χ0v) is 18.2. The van der Waals surface area contributed by atoms with Crippen LogP contribution in [0.5, 0.6) is 5.75 Å². The molecule has 1 aliphatic rings. The number of anilines is 1. The number of carbonyl (C=O) groups is 1. The highest BCUT2D eigenvalue weighted by Gasteiger charge is 2.42. The predicted molar refractivity (Wildman–Crippen MR) is 117 cm³/mol. The van der Waals surface area contributed by atoms with Gasteiger partial charge in [-0.25, -0.2) is 4.68 Å². The summed E-state index contributed by atoms with van der Waals surface area (Å²) in [4.78, 5) is 19.8. The van der Waals surface area contributed by atoms with Crippen LogP contribution >= 0.6 is 0 Å². The first-order valence-corrected chi connectivity index (χ1v) is 10.2. The van der Waals surface area contributed by atoms with Gasteiger partial charge in [-0.3, -0.25) is 9.69 Å². The molecule has 156 valence electrons. The van der Waals surface area contributed by atoms with Gasteiger partial charge in [0.05, 0.1) is 19.2 Å². The van der Waals surface area contributed by atoms with Crippen molar-refractivity contribution < 1.29 is 9.53 Å². The van der Waals surface area contributed by atoms with Crippen LogP contribution in [0.3, 0.4) is 0 Å². The Hall–Kier alpha value is -3.15. The first-order valence-electron chi connectivity index (χ1n) is 10.2. The molecule has 0 fully saturated rings. The van der Waals surface area contributed by atoms with Gasteiger partial charge in [-0.15, -0.1) is 0 Å². The zero-order valence-electron chi connectivity index (χ0n) is 18.2. The summed E-state index contributed by atoms with van der Waals surface area (Å²) in [7, 11) is 1.65. The number of fused-ring (bicyclic) bond motifs is 1. The quantitative estimate of drug-likeness (QED) is 0.634. The first kappa shape index (κ1) is 20.1. The third kappa shape index (κ3) is 3.58. The lowest BCUT2D eigenvalue weighted by Crippen LogP contribution is -2.47. The van der Waals surface area contributed by atoms with Crippen molar-refractivity contribution in [2.24, 2.45) is 5.41 Å². The van der Waals surface area contributed by atoms with Gasteiger partial charge in [0.25, 0.3) is 0 Å². The van der Waals surface area contributed by atoms with Gasteiger partial charge in [-0.2, -0.15) is 10.1 Å². The molecule has 0 spiro atoms. The minimum Gasteiger partial charge on any atom is -0.497 e. The number of methoxy groups -OCH3 is 1. The second-order valence-corrected chi connectivity index (χ2v) is 8.88. The van der Waals surface area contributed by atoms with Crippen molar-refractivity contribution in [1.82, 2.24) is 14.8 Å². The van der Waals surface area contributed by atoms with E-state index in [-0.39, 0.29) is 18.0 Å². The van der Waals surface area contributed by atoms with E-state index in [4.69, 9.17) is 4.74 Å². The van der Waals surface area contributed by atoms with Gasteiger partial charge in [0, 0.05) is 5.41 Å². The van der Waals surface area contributed by atoms with E-state index in [0.717, 1.165) is 16.9 Å². The number of nitrogens with zero attached hydrogens (tertiary/aromatic N) is 4. The number of rotatable bonds is 3. The number of aryl methyl sites for hydroxylation is 1. The van der Waals surface area contributed by atoms with Crippen molar-refractivity contribution in [2.45, 2.75) is 46.2 Å². The van der Waals surface area contributed by atoms with Crippen LogP contribution in [0.25, 0.3) is 0 Å². The molecule has 1 aliphatic heterocycles. The minimum absolute atomic E-state index is 0.000722. The second-order valence-electron chi connectivity index (χ2n) is 8.88. The lowest BCUT2D eigenvalue weighted by molar-refractivity contribution is -0.126. The Morgan fingerprint density at radius 2 is 1.60 bits per heavy atom. The van der Waals surface area contributed by atoms with Crippen LogP contribution in [0.1, 0.15) is 56.0 Å². The molecular weight excluding hydrogens is 376 g/mol. The largest absolute Gasteiger partial charge is 0.497 e. The summed E-state index contributed by atoms with van der Waals surface area (Å²) in [5.74, 6) is 1.41. The highest BCUT2D eigenvalue weighted by Crippen LogP contribution is 2.43. The summed E-state index contributed by atoms with van der Waals surface area (Å²) in [6.45, 7) is 7.89. The molecule has 1 amide bonds. The Bertz CT molecular complexity index is 1030. The standard InChI is InChI=1S/C24H28N4O2/c1-16-6-8-18(9-7-16)21-14-20(17-10-12-19(30-5)13-11-17)27(22(29)24(2,3)4)23-25-15-26-28(21)23/h6-13,15,20-21H,14H2,1-5H3/t20-,21-/m0/s1. The van der Waals surface area contributed by atoms with Gasteiger partial charge in [0.1, 0.15) is 12.1 Å². The third-order valence-corrected chi connectivity index (χ3v) is 5.65. The van der Waals surface area contributed by atoms with Gasteiger partial charge in [-0.05, 0) is 36.6 Å². The van der Waals surface area contributed by atoms with Crippen molar-refractivity contribution in [1.29, 1.82) is 0 Å². The molecule has 0 unspecified atom stereocenters. The highest BCUT2D eigenvalue weighted by atomic mass is 16.5. The molecule has 0 radical (unpaired) electrons. The summed E-state index contributed by atoms with van der Waals surface area (Å²) in [6, 6.07) is 16.3. The van der Waals surface area contributed by atoms with Gasteiger partial charge >= 0.3 is 0 Å². The highest BCUT2D eigenvalue weighted by molar-refractivity contribution is 5.96. The number of benzene rings is 2. The van der Waals surface area contributed by atoms with E-state index in [1.807, 2.05) is 54.6 Å². The van der Waals surface area contributed by atoms with Crippen LogP contribution < -0.4 is 9.64 Å². The number of hydrogen-bond donors (Lipinski definition) is 0. The molecule has 3 aromatic rings. The second kappa shape index (κ2) is 7.59. The molecule has 4 rings (SSSR count). The number of hydrogen-bond acceptors (Lipinski definition) is 4. The fourth-order valence-corrected chi connectivity index (χ4v) is 3.96. The van der Waals surface area contributed by atoms with E-state index in [0.29, 0.717) is 12.4 Å². The summed E-state index contributed by atoms with van der Waals surface area (Å²) < 4.78 is 7.21. The molecule has 2 aromatic carbocycles. The molecule has 0 saturated carbocycles. The molecule has 0 N–H and O–H groups in total. The van der Waals surface area contributed by atoms with E-state index in [2.05, 4.69) is 41.3 Å². The van der Waals surface area contributed by atoms with Crippen molar-refractivity contribution in [3.8, 4) is 5.75 Å². The minimum atomic E-state index is -0.543. The average molecular weight is 405 g/mol. The predicted octanol–water partition coefficient (Wildman–Crippen LogP) is 4.71. The number of amides is 1. The van der Waals surface area contributed by atoms with Crippen LogP contribution in [0.15, 0.2) is 54.9 Å². The van der Waals surface area contributed by atoms with Crippen LogP contribution in [0.2, 0.25) is 0 Å². The summed E-state index contributed by atoms with van der Waals surface area (Å²) in [5.41, 5.74) is 2.89. The van der Waals surface area contributed by atoms with Crippen LogP contribution in [-0.2, 0) is 4.79 Å². The van der Waals surface area contributed by atoms with Crippen LogP contribution in [0.4, 0.5) is 5.95 Å². The molecule has 6 nitrogen and oxygen atoms in total. The average Bonchev–Trinajstić information content (AvgIpc) is 3.22. The summed E-state index contributed by atoms with van der Waals surface area (Å²) >= 11 is 0. The SMILES string of the molecule is COc1ccc([C@@H]2C[C@@H](c3ccc(C)cc3)n3ncnc3N2C(=O)C(C)(C)C)cc1. The normalized spacial score (nSPS) is 18.8. The van der Waals surface area contributed by atoms with Crippen molar-refractivity contribution >= 4 is 11.9 Å². The fourth-order valence-electron chi connectivity index (χ4n) is 3.96. The van der Waals surface area contributed by atoms with Gasteiger partial charge in [0.15, 0.2) is 0 Å². The Kier molecular flexibility index (Phi) is 5.10. The summed E-state index contributed by atoms with van der Waals surface area (Å²) in [5, 5.41) is 4.50. The first-order chi connectivity index (χ1) is 14.3. The Labute approximate surface area is 177 Å². The lowest BCUT2D eigenvalue weighted by Gasteiger charge is -2.41. The Morgan fingerprint density at radius 1 is 1.00 bits per heavy atom. The van der Waals surface area contributed by atoms with Gasteiger partial charge < -0.3 is 4.74 Å². The number of carbonyl (C=O) groups excluding carboxylic acids is 1. The van der Waals surface area contributed by atoms with Gasteiger partial charge in [0.2, 0.25) is 11.9 Å². The molecule has 0 aliphatic carbocycles. The van der Waals surface area contributed by atoms with E-state index < -0.39 is 5.41 Å². The molecule has 30 heavy (non-hydrogen) atoms. The number of ether oxygens (including phenoxy) is 1. The monoisotopic (exact) mass is 404 g/mol. The maximum Gasteiger partial charge on any atom is 0.235 e. The smallest absolute Gasteiger partial charge is 0.235 e.